The first-order valence-corrected chi connectivity index (χ1v) is 13.9. The number of rotatable bonds is 8. The molecule has 0 radical (unpaired) electrons. The highest BCUT2D eigenvalue weighted by molar-refractivity contribution is 7.87. The maximum Gasteiger partial charge on any atom is 0.303 e. The molecule has 14 heteroatoms. The number of fused-ring (bicyclic) bond motifs is 1. The van der Waals surface area contributed by atoms with E-state index < -0.39 is 40.0 Å². The monoisotopic (exact) mass is 567 g/mol. The molecule has 3 aromatic rings. The topological polar surface area (TPSA) is 105 Å². The number of carbonyl (C=O) groups is 1. The summed E-state index contributed by atoms with van der Waals surface area (Å²) in [5, 5.41) is 3.97. The van der Waals surface area contributed by atoms with E-state index in [1.54, 1.807) is 6.92 Å². The first-order chi connectivity index (χ1) is 18.6. The molecular weight excluding hydrogens is 539 g/mol. The summed E-state index contributed by atoms with van der Waals surface area (Å²) < 4.78 is 85.3. The number of hydrogen-bond acceptors (Lipinski definition) is 7. The van der Waals surface area contributed by atoms with Crippen LogP contribution in [0.1, 0.15) is 41.7 Å². The Bertz CT molecular complexity index is 1490. The second kappa shape index (κ2) is 10.7. The van der Waals surface area contributed by atoms with Crippen LogP contribution in [0.4, 0.5) is 18.9 Å². The van der Waals surface area contributed by atoms with Gasteiger partial charge in [0, 0.05) is 44.7 Å². The quantitative estimate of drug-likeness (QED) is 0.446. The third-order valence-electron chi connectivity index (χ3n) is 7.00. The van der Waals surface area contributed by atoms with Crippen LogP contribution in [-0.4, -0.2) is 73.9 Å². The highest BCUT2D eigenvalue weighted by Gasteiger charge is 2.38. The zero-order valence-corrected chi connectivity index (χ0v) is 22.1. The number of carbonyl (C=O) groups excluding carboxylic acids is 1. The molecule has 3 atom stereocenters. The van der Waals surface area contributed by atoms with Crippen LogP contribution < -0.4 is 14.4 Å². The van der Waals surface area contributed by atoms with E-state index in [1.807, 2.05) is 4.72 Å². The van der Waals surface area contributed by atoms with Gasteiger partial charge in [0.1, 0.15) is 29.4 Å². The number of ether oxygens (including phenoxy) is 2. The summed E-state index contributed by atoms with van der Waals surface area (Å²) in [7, 11) is -2.87. The first kappa shape index (κ1) is 27.2. The largest absolute Gasteiger partial charge is 0.488 e. The van der Waals surface area contributed by atoms with E-state index in [0.29, 0.717) is 30.9 Å². The predicted molar refractivity (Wildman–Crippen MR) is 136 cm³/mol. The molecule has 2 aliphatic heterocycles. The summed E-state index contributed by atoms with van der Waals surface area (Å²) in [6, 6.07) is 4.58. The zero-order chi connectivity index (χ0) is 27.9. The average molecular weight is 568 g/mol. The van der Waals surface area contributed by atoms with Gasteiger partial charge in [-0.25, -0.2) is 22.4 Å². The number of halogens is 3. The van der Waals surface area contributed by atoms with Gasteiger partial charge in [-0.15, -0.1) is 0 Å². The molecule has 4 heterocycles. The van der Waals surface area contributed by atoms with Gasteiger partial charge in [0.2, 0.25) is 0 Å². The number of anilines is 1. The van der Waals surface area contributed by atoms with Crippen LogP contribution in [0.3, 0.4) is 0 Å². The minimum absolute atomic E-state index is 0.0419. The Morgan fingerprint density at radius 1 is 1.31 bits per heavy atom. The summed E-state index contributed by atoms with van der Waals surface area (Å²) in [5.41, 5.74) is -0.276. The van der Waals surface area contributed by atoms with Crippen molar-refractivity contribution in [3.63, 3.8) is 0 Å². The molecule has 210 valence electrons. The predicted octanol–water partition coefficient (Wildman–Crippen LogP) is 3.00. The maximum absolute atomic E-state index is 16.1. The molecule has 0 aliphatic carbocycles. The maximum atomic E-state index is 16.1. The smallest absolute Gasteiger partial charge is 0.303 e. The Kier molecular flexibility index (Phi) is 7.44. The molecular formula is C25H28F3N5O5S. The number of pyridine rings is 1. The van der Waals surface area contributed by atoms with Crippen molar-refractivity contribution in [1.82, 2.24) is 18.6 Å². The van der Waals surface area contributed by atoms with Gasteiger partial charge in [0.05, 0.1) is 36.7 Å². The van der Waals surface area contributed by atoms with Crippen molar-refractivity contribution in [2.45, 2.75) is 38.1 Å². The normalized spacial score (nSPS) is 21.7. The lowest BCUT2D eigenvalue weighted by Gasteiger charge is -2.29. The van der Waals surface area contributed by atoms with Crippen molar-refractivity contribution in [3.8, 4) is 5.75 Å². The standard InChI is InChI=1S/C25H28F3N5O5S/c1-3-31(2)39(35,36)30-25(34)19-12-29-33-8-6-20(23(28)24(19)33)32-13-16(27)11-21(32)18-10-15(26)4-5-22(18)38-17-7-9-37-14-17/h4-6,8,10,12,16-17,21H,3,7,9,11,13-14H2,1-2H3,(H,30,34). The van der Waals surface area contributed by atoms with Gasteiger partial charge < -0.3 is 14.4 Å². The van der Waals surface area contributed by atoms with Crippen LogP contribution in [0.2, 0.25) is 0 Å². The van der Waals surface area contributed by atoms with Gasteiger partial charge in [0.25, 0.3) is 5.91 Å². The fourth-order valence-corrected chi connectivity index (χ4v) is 5.70. The van der Waals surface area contributed by atoms with Crippen LogP contribution in [0.5, 0.6) is 5.75 Å². The highest BCUT2D eigenvalue weighted by atomic mass is 32.2. The highest BCUT2D eigenvalue weighted by Crippen LogP contribution is 2.43. The van der Waals surface area contributed by atoms with Crippen LogP contribution in [0, 0.1) is 11.6 Å². The lowest BCUT2D eigenvalue weighted by molar-refractivity contribution is 0.0980. The summed E-state index contributed by atoms with van der Waals surface area (Å²) in [5.74, 6) is -2.16. The Morgan fingerprint density at radius 3 is 2.82 bits per heavy atom. The number of alkyl halides is 1. The molecule has 0 spiro atoms. The van der Waals surface area contributed by atoms with Crippen LogP contribution >= 0.6 is 0 Å². The minimum Gasteiger partial charge on any atom is -0.488 e. The molecule has 1 N–H and O–H groups in total. The first-order valence-electron chi connectivity index (χ1n) is 12.5. The van der Waals surface area contributed by atoms with Crippen LogP contribution in [-0.2, 0) is 14.9 Å². The average Bonchev–Trinajstić information content (AvgIpc) is 3.65. The molecule has 2 aliphatic rings. The van der Waals surface area contributed by atoms with E-state index in [0.717, 1.165) is 15.0 Å². The van der Waals surface area contributed by atoms with Crippen molar-refractivity contribution < 1.29 is 35.9 Å². The summed E-state index contributed by atoms with van der Waals surface area (Å²) in [4.78, 5) is 14.3. The molecule has 3 unspecified atom stereocenters. The van der Waals surface area contributed by atoms with Gasteiger partial charge >= 0.3 is 10.2 Å². The molecule has 39 heavy (non-hydrogen) atoms. The third kappa shape index (κ3) is 5.28. The molecule has 0 saturated carbocycles. The van der Waals surface area contributed by atoms with Gasteiger partial charge in [-0.2, -0.15) is 17.8 Å². The third-order valence-corrected chi connectivity index (χ3v) is 8.52. The van der Waals surface area contributed by atoms with Gasteiger partial charge in [-0.05, 0) is 24.3 Å². The molecule has 0 bridgehead atoms. The van der Waals surface area contributed by atoms with E-state index in [-0.39, 0.29) is 42.4 Å². The number of nitrogens with zero attached hydrogens (tertiary/aromatic N) is 4. The van der Waals surface area contributed by atoms with E-state index >= 15 is 4.39 Å². The van der Waals surface area contributed by atoms with E-state index in [4.69, 9.17) is 9.47 Å². The lowest BCUT2D eigenvalue weighted by atomic mass is 10.0. The SMILES string of the molecule is CCN(C)S(=O)(=O)NC(=O)c1cnn2ccc(N3CC(F)CC3c3cc(F)ccc3OC3CCOC3)c(F)c12. The Hall–Kier alpha value is -3.36. The van der Waals surface area contributed by atoms with E-state index in [2.05, 4.69) is 5.10 Å². The summed E-state index contributed by atoms with van der Waals surface area (Å²) in [6.45, 7) is 2.41. The fraction of sp³-hybridized carbons (Fsp3) is 0.440. The molecule has 2 fully saturated rings. The number of nitrogens with one attached hydrogen (secondary N) is 1. The lowest BCUT2D eigenvalue weighted by Crippen LogP contribution is -2.41. The molecule has 2 saturated heterocycles. The van der Waals surface area contributed by atoms with Gasteiger partial charge in [-0.1, -0.05) is 6.92 Å². The number of amides is 1. The number of aromatic nitrogens is 2. The fourth-order valence-electron chi connectivity index (χ4n) is 4.86. The Labute approximate surface area is 223 Å². The van der Waals surface area contributed by atoms with Crippen molar-refractivity contribution in [2.24, 2.45) is 0 Å². The van der Waals surface area contributed by atoms with E-state index in [1.165, 1.54) is 42.4 Å². The second-order valence-corrected chi connectivity index (χ2v) is 11.3. The minimum atomic E-state index is -4.16. The number of benzene rings is 1. The van der Waals surface area contributed by atoms with Gasteiger partial charge in [-0.3, -0.25) is 4.79 Å². The summed E-state index contributed by atoms with van der Waals surface area (Å²) in [6.07, 6.45) is 1.46. The molecule has 1 aromatic carbocycles. The van der Waals surface area contributed by atoms with Crippen LogP contribution in [0.25, 0.3) is 5.52 Å². The van der Waals surface area contributed by atoms with Crippen LogP contribution in [0.15, 0.2) is 36.7 Å². The molecule has 10 nitrogen and oxygen atoms in total. The molecule has 2 aromatic heterocycles. The number of hydrogen-bond donors (Lipinski definition) is 1. The van der Waals surface area contributed by atoms with Crippen molar-refractivity contribution in [1.29, 1.82) is 0 Å². The Morgan fingerprint density at radius 2 is 2.10 bits per heavy atom. The van der Waals surface area contributed by atoms with Crippen molar-refractivity contribution in [3.05, 3.63) is 59.4 Å². The van der Waals surface area contributed by atoms with E-state index in [9.17, 15) is 22.0 Å². The Balaban J connectivity index is 1.52. The van der Waals surface area contributed by atoms with Gasteiger partial charge in [0.15, 0.2) is 5.82 Å². The second-order valence-electron chi connectivity index (χ2n) is 9.50. The van der Waals surface area contributed by atoms with Crippen molar-refractivity contribution in [2.75, 3.05) is 38.3 Å². The zero-order valence-electron chi connectivity index (χ0n) is 21.3. The molecule has 5 rings (SSSR count). The van der Waals surface area contributed by atoms with Crippen molar-refractivity contribution >= 4 is 27.3 Å². The molecule has 1 amide bonds. The summed E-state index contributed by atoms with van der Waals surface area (Å²) >= 11 is 0.